The molecular formula is C19H28N2O3. The lowest BCUT2D eigenvalue weighted by molar-refractivity contribution is -0.123. The second-order valence-electron chi connectivity index (χ2n) is 7.04. The molecule has 5 heteroatoms. The van der Waals surface area contributed by atoms with E-state index in [2.05, 4.69) is 16.7 Å². The molecule has 1 aromatic rings. The van der Waals surface area contributed by atoms with Gasteiger partial charge < -0.3 is 20.1 Å². The molecular weight excluding hydrogens is 304 g/mol. The van der Waals surface area contributed by atoms with E-state index in [0.29, 0.717) is 19.8 Å². The van der Waals surface area contributed by atoms with Crippen LogP contribution in [0.2, 0.25) is 0 Å². The monoisotopic (exact) mass is 332 g/mol. The number of aryl methyl sites for hydroxylation is 1. The summed E-state index contributed by atoms with van der Waals surface area (Å²) in [6.07, 6.45) is 3.30. The van der Waals surface area contributed by atoms with Gasteiger partial charge in [0.15, 0.2) is 0 Å². The summed E-state index contributed by atoms with van der Waals surface area (Å²) in [7, 11) is 1.66. The molecule has 2 fully saturated rings. The van der Waals surface area contributed by atoms with Gasteiger partial charge in [0.05, 0.1) is 6.61 Å². The molecule has 1 unspecified atom stereocenters. The Hall–Kier alpha value is -1.59. The largest absolute Gasteiger partial charge is 0.491 e. The Morgan fingerprint density at radius 3 is 2.88 bits per heavy atom. The maximum absolute atomic E-state index is 12.5. The van der Waals surface area contributed by atoms with Crippen LogP contribution < -0.4 is 15.4 Å². The zero-order valence-electron chi connectivity index (χ0n) is 14.7. The van der Waals surface area contributed by atoms with Crippen LogP contribution in [0.25, 0.3) is 0 Å². The van der Waals surface area contributed by atoms with E-state index >= 15 is 0 Å². The van der Waals surface area contributed by atoms with Crippen LogP contribution in [0.1, 0.15) is 30.4 Å². The van der Waals surface area contributed by atoms with E-state index in [1.54, 1.807) is 7.11 Å². The lowest BCUT2D eigenvalue weighted by Crippen LogP contribution is -2.33. The summed E-state index contributed by atoms with van der Waals surface area (Å²) >= 11 is 0. The molecule has 1 amide bonds. The molecule has 2 N–H and O–H groups in total. The zero-order valence-corrected chi connectivity index (χ0v) is 14.7. The molecule has 2 aliphatic rings. The molecule has 0 radical (unpaired) electrons. The molecule has 3 rings (SSSR count). The second-order valence-corrected chi connectivity index (χ2v) is 7.04. The van der Waals surface area contributed by atoms with Crippen LogP contribution in [0.5, 0.6) is 5.75 Å². The number of carbonyl (C=O) groups excluding carboxylic acids is 1. The molecule has 132 valence electrons. The average molecular weight is 332 g/mol. The first-order valence-corrected chi connectivity index (χ1v) is 8.84. The number of nitrogens with one attached hydrogen (secondary N) is 2. The van der Waals surface area contributed by atoms with E-state index in [4.69, 9.17) is 9.47 Å². The standard InChI is InChI=1S/C19H28N2O3/c1-14-3-4-15(17(11-14)24-10-9-23-2)13-21-18(22)16-12-19(16)5-7-20-8-6-19/h3-4,11,16,20H,5-10,12-13H2,1-2H3,(H,21,22). The molecule has 1 spiro atoms. The smallest absolute Gasteiger partial charge is 0.223 e. The quantitative estimate of drug-likeness (QED) is 0.750. The highest BCUT2D eigenvalue weighted by atomic mass is 16.5. The predicted molar refractivity (Wildman–Crippen MR) is 93.0 cm³/mol. The summed E-state index contributed by atoms with van der Waals surface area (Å²) in [5.41, 5.74) is 2.44. The van der Waals surface area contributed by atoms with Crippen LogP contribution in [-0.2, 0) is 16.1 Å². The number of rotatable bonds is 7. The van der Waals surface area contributed by atoms with Crippen molar-refractivity contribution in [3.05, 3.63) is 29.3 Å². The van der Waals surface area contributed by atoms with Gasteiger partial charge in [-0.25, -0.2) is 0 Å². The third kappa shape index (κ3) is 3.90. The molecule has 1 saturated carbocycles. The Morgan fingerprint density at radius 2 is 2.12 bits per heavy atom. The Bertz CT molecular complexity index is 582. The summed E-state index contributed by atoms with van der Waals surface area (Å²) in [6, 6.07) is 6.10. The fourth-order valence-corrected chi connectivity index (χ4v) is 3.68. The van der Waals surface area contributed by atoms with Crippen molar-refractivity contribution < 1.29 is 14.3 Å². The molecule has 1 aliphatic carbocycles. The van der Waals surface area contributed by atoms with E-state index in [-0.39, 0.29) is 17.2 Å². The van der Waals surface area contributed by atoms with Crippen molar-refractivity contribution >= 4 is 5.91 Å². The Kier molecular flexibility index (Phi) is 5.41. The van der Waals surface area contributed by atoms with Crippen LogP contribution in [0, 0.1) is 18.3 Å². The minimum Gasteiger partial charge on any atom is -0.491 e. The number of amides is 1. The Morgan fingerprint density at radius 1 is 1.33 bits per heavy atom. The molecule has 0 bridgehead atoms. The number of benzene rings is 1. The highest BCUT2D eigenvalue weighted by Crippen LogP contribution is 2.58. The van der Waals surface area contributed by atoms with Gasteiger partial charge in [0.2, 0.25) is 5.91 Å². The normalized spacial score (nSPS) is 21.5. The first-order valence-electron chi connectivity index (χ1n) is 8.84. The third-order valence-electron chi connectivity index (χ3n) is 5.33. The lowest BCUT2D eigenvalue weighted by atomic mass is 9.92. The minimum atomic E-state index is 0.195. The lowest BCUT2D eigenvalue weighted by Gasteiger charge is -2.23. The van der Waals surface area contributed by atoms with Crippen LogP contribution in [-0.4, -0.2) is 39.3 Å². The number of ether oxygens (including phenoxy) is 2. The van der Waals surface area contributed by atoms with Gasteiger partial charge in [-0.05, 0) is 56.3 Å². The topological polar surface area (TPSA) is 59.6 Å². The molecule has 1 aliphatic heterocycles. The SMILES string of the molecule is COCCOc1cc(C)ccc1CNC(=O)C1CC12CCNCC2. The van der Waals surface area contributed by atoms with Gasteiger partial charge in [0.1, 0.15) is 12.4 Å². The van der Waals surface area contributed by atoms with Crippen molar-refractivity contribution in [3.8, 4) is 5.75 Å². The maximum Gasteiger partial charge on any atom is 0.223 e. The van der Waals surface area contributed by atoms with E-state index in [1.165, 1.54) is 0 Å². The first kappa shape index (κ1) is 17.2. The van der Waals surface area contributed by atoms with Gasteiger partial charge in [-0.15, -0.1) is 0 Å². The predicted octanol–water partition coefficient (Wildman–Crippen LogP) is 2.03. The Balaban J connectivity index is 1.55. The summed E-state index contributed by atoms with van der Waals surface area (Å²) in [5.74, 6) is 1.22. The molecule has 5 nitrogen and oxygen atoms in total. The molecule has 1 saturated heterocycles. The van der Waals surface area contributed by atoms with Crippen LogP contribution >= 0.6 is 0 Å². The second kappa shape index (κ2) is 7.53. The highest BCUT2D eigenvalue weighted by Gasteiger charge is 2.57. The zero-order chi connectivity index (χ0) is 17.0. The van der Waals surface area contributed by atoms with Crippen molar-refractivity contribution in [2.75, 3.05) is 33.4 Å². The molecule has 24 heavy (non-hydrogen) atoms. The van der Waals surface area contributed by atoms with Crippen molar-refractivity contribution in [1.82, 2.24) is 10.6 Å². The van der Waals surface area contributed by atoms with Crippen LogP contribution in [0.3, 0.4) is 0 Å². The first-order chi connectivity index (χ1) is 11.6. The minimum absolute atomic E-state index is 0.195. The fraction of sp³-hybridized carbons (Fsp3) is 0.632. The summed E-state index contributed by atoms with van der Waals surface area (Å²) in [6.45, 7) is 5.71. The fourth-order valence-electron chi connectivity index (χ4n) is 3.68. The van der Waals surface area contributed by atoms with E-state index in [9.17, 15) is 4.79 Å². The van der Waals surface area contributed by atoms with E-state index in [1.807, 2.05) is 19.1 Å². The van der Waals surface area contributed by atoms with Crippen LogP contribution in [0.15, 0.2) is 18.2 Å². The number of hydrogen-bond acceptors (Lipinski definition) is 4. The van der Waals surface area contributed by atoms with Crippen molar-refractivity contribution in [2.45, 2.75) is 32.7 Å². The maximum atomic E-state index is 12.5. The summed E-state index contributed by atoms with van der Waals surface area (Å²) in [5, 5.41) is 6.49. The highest BCUT2D eigenvalue weighted by molar-refractivity contribution is 5.82. The molecule has 1 atom stereocenters. The third-order valence-corrected chi connectivity index (χ3v) is 5.33. The van der Waals surface area contributed by atoms with Gasteiger partial charge in [0.25, 0.3) is 0 Å². The average Bonchev–Trinajstić information content (AvgIpc) is 3.28. The van der Waals surface area contributed by atoms with Gasteiger partial charge in [-0.3, -0.25) is 4.79 Å². The van der Waals surface area contributed by atoms with Gasteiger partial charge in [0, 0.05) is 25.1 Å². The van der Waals surface area contributed by atoms with Gasteiger partial charge in [-0.2, -0.15) is 0 Å². The number of carbonyl (C=O) groups is 1. The summed E-state index contributed by atoms with van der Waals surface area (Å²) < 4.78 is 10.8. The molecule has 1 aromatic carbocycles. The van der Waals surface area contributed by atoms with Crippen molar-refractivity contribution in [1.29, 1.82) is 0 Å². The number of hydrogen-bond donors (Lipinski definition) is 2. The van der Waals surface area contributed by atoms with E-state index in [0.717, 1.165) is 49.2 Å². The Labute approximate surface area is 144 Å². The number of methoxy groups -OCH3 is 1. The van der Waals surface area contributed by atoms with Gasteiger partial charge >= 0.3 is 0 Å². The molecule has 1 heterocycles. The van der Waals surface area contributed by atoms with Crippen molar-refractivity contribution in [3.63, 3.8) is 0 Å². The molecule has 0 aromatic heterocycles. The number of piperidine rings is 1. The van der Waals surface area contributed by atoms with E-state index < -0.39 is 0 Å². The van der Waals surface area contributed by atoms with Crippen molar-refractivity contribution in [2.24, 2.45) is 11.3 Å². The van der Waals surface area contributed by atoms with Crippen LogP contribution in [0.4, 0.5) is 0 Å². The van der Waals surface area contributed by atoms with Gasteiger partial charge in [-0.1, -0.05) is 12.1 Å². The summed E-state index contributed by atoms with van der Waals surface area (Å²) in [4.78, 5) is 12.5.